The molecule has 1 aromatic carbocycles. The Morgan fingerprint density at radius 1 is 0.462 bits per heavy atom. The third kappa shape index (κ3) is 33.1. The average molecular weight is 285 g/mol. The Labute approximate surface area is 103 Å². The molecule has 0 saturated heterocycles. The molecule has 0 nitrogen and oxygen atoms in total. The quantitative estimate of drug-likeness (QED) is 0.508. The van der Waals surface area contributed by atoms with Crippen LogP contribution in [0.3, 0.4) is 0 Å². The predicted octanol–water partition coefficient (Wildman–Crippen LogP) is 2.87. The van der Waals surface area contributed by atoms with Crippen LogP contribution in [-0.4, -0.2) is 23.1 Å². The SMILES string of the molecule is Br.F.F.F.F.F.[H-].[H-].[Mg+2].c1ccccc1. The number of rotatable bonds is 0. The van der Waals surface area contributed by atoms with Gasteiger partial charge in [-0.25, -0.2) is 0 Å². The monoisotopic (exact) mass is 284 g/mol. The van der Waals surface area contributed by atoms with Crippen LogP contribution in [0.2, 0.25) is 0 Å². The van der Waals surface area contributed by atoms with Gasteiger partial charge in [0.1, 0.15) is 0 Å². The Hall–Kier alpha value is 0.116. The zero-order chi connectivity index (χ0) is 4.24. The molecule has 0 aliphatic heterocycles. The molecule has 0 saturated carbocycles. The standard InChI is InChI=1S/C6H6.BrH.5FH.Mg.2H/c1-2-4-6-5-3-1;;;;;;;;;/h1-6H;6*1H;;;/q;;;;;;;+2;2*-1. The van der Waals surface area contributed by atoms with Crippen molar-refractivity contribution in [3.63, 3.8) is 0 Å². The van der Waals surface area contributed by atoms with Crippen LogP contribution in [0, 0.1) is 0 Å². The third-order valence-corrected chi connectivity index (χ3v) is 0.667. The molecule has 0 atom stereocenters. The Balaban J connectivity index is -0.00000000571. The van der Waals surface area contributed by atoms with E-state index in [-0.39, 0.29) is 66.4 Å². The number of hydrogen-bond acceptors (Lipinski definition) is 0. The summed E-state index contributed by atoms with van der Waals surface area (Å²) in [6.45, 7) is 0. The van der Waals surface area contributed by atoms with E-state index in [2.05, 4.69) is 0 Å². The van der Waals surface area contributed by atoms with Gasteiger partial charge in [-0.05, 0) is 0 Å². The maximum atomic E-state index is 2.00. The summed E-state index contributed by atoms with van der Waals surface area (Å²) in [5.41, 5.74) is 0. The number of benzene rings is 1. The van der Waals surface area contributed by atoms with Crippen molar-refractivity contribution < 1.29 is 26.4 Å². The summed E-state index contributed by atoms with van der Waals surface area (Å²) in [6.07, 6.45) is 0. The molecule has 0 aliphatic rings. The Morgan fingerprint density at radius 2 is 0.538 bits per heavy atom. The van der Waals surface area contributed by atoms with E-state index in [9.17, 15) is 0 Å². The molecule has 0 aliphatic carbocycles. The van der Waals surface area contributed by atoms with Crippen molar-refractivity contribution in [3.05, 3.63) is 36.4 Å². The largest absolute Gasteiger partial charge is 2.00 e. The van der Waals surface area contributed by atoms with Gasteiger partial charge in [0.05, 0.1) is 0 Å². The fourth-order valence-corrected chi connectivity index (χ4v) is 0.385. The molecular formula is C6H14BrF5Mg. The second kappa shape index (κ2) is 40.0. The fraction of sp³-hybridized carbons (Fsp3) is 0. The van der Waals surface area contributed by atoms with E-state index in [1.807, 2.05) is 36.4 Å². The minimum atomic E-state index is 0. The topological polar surface area (TPSA) is 0 Å². The second-order valence-electron chi connectivity index (χ2n) is 1.15. The molecule has 0 spiro atoms. The van der Waals surface area contributed by atoms with Gasteiger partial charge in [0, 0.05) is 0 Å². The summed E-state index contributed by atoms with van der Waals surface area (Å²) in [5, 5.41) is 0. The molecule has 0 radical (unpaired) electrons. The van der Waals surface area contributed by atoms with E-state index in [0.717, 1.165) is 0 Å². The maximum Gasteiger partial charge on any atom is 2.00 e. The first-order valence-electron chi connectivity index (χ1n) is 2.00. The predicted molar refractivity (Wildman–Crippen MR) is 57.3 cm³/mol. The van der Waals surface area contributed by atoms with Gasteiger partial charge in [-0.3, -0.25) is 23.5 Å². The summed E-state index contributed by atoms with van der Waals surface area (Å²) in [4.78, 5) is 0. The molecule has 82 valence electrons. The van der Waals surface area contributed by atoms with Crippen LogP contribution in [0.4, 0.5) is 23.5 Å². The normalized spacial score (nSPS) is 3.69. The molecular weight excluding hydrogens is 271 g/mol. The van der Waals surface area contributed by atoms with Crippen molar-refractivity contribution in [3.8, 4) is 0 Å². The smallest absolute Gasteiger partial charge is 1.00 e. The fourth-order valence-electron chi connectivity index (χ4n) is 0.385. The van der Waals surface area contributed by atoms with Gasteiger partial charge < -0.3 is 2.85 Å². The number of hydrogen-bond donors (Lipinski definition) is 0. The van der Waals surface area contributed by atoms with Crippen LogP contribution in [0.15, 0.2) is 36.4 Å². The van der Waals surface area contributed by atoms with Gasteiger partial charge in [0.2, 0.25) is 0 Å². The van der Waals surface area contributed by atoms with Gasteiger partial charge in [0.25, 0.3) is 0 Å². The zero-order valence-corrected chi connectivity index (χ0v) is 9.75. The van der Waals surface area contributed by atoms with Gasteiger partial charge in [-0.15, -0.1) is 17.0 Å². The van der Waals surface area contributed by atoms with Crippen LogP contribution in [0.1, 0.15) is 2.85 Å². The first-order valence-corrected chi connectivity index (χ1v) is 2.00. The van der Waals surface area contributed by atoms with Crippen LogP contribution in [-0.2, 0) is 0 Å². The first kappa shape index (κ1) is 51.5. The van der Waals surface area contributed by atoms with Crippen molar-refractivity contribution in [2.24, 2.45) is 0 Å². The van der Waals surface area contributed by atoms with Crippen molar-refractivity contribution in [2.45, 2.75) is 0 Å². The summed E-state index contributed by atoms with van der Waals surface area (Å²) >= 11 is 0. The molecule has 13 heavy (non-hydrogen) atoms. The molecule has 0 heterocycles. The summed E-state index contributed by atoms with van der Waals surface area (Å²) in [7, 11) is 0. The van der Waals surface area contributed by atoms with Crippen molar-refractivity contribution in [1.82, 2.24) is 0 Å². The minimum absolute atomic E-state index is 0. The molecule has 0 bridgehead atoms. The Kier molecular flexibility index (Phi) is 158. The van der Waals surface area contributed by atoms with Crippen LogP contribution in [0.5, 0.6) is 0 Å². The molecule has 0 fully saturated rings. The molecule has 7 heteroatoms. The van der Waals surface area contributed by atoms with E-state index in [1.165, 1.54) is 0 Å². The maximum absolute atomic E-state index is 2.00. The molecule has 0 amide bonds. The summed E-state index contributed by atoms with van der Waals surface area (Å²) < 4.78 is 0. The van der Waals surface area contributed by atoms with E-state index < -0.39 is 0 Å². The Bertz CT molecular complexity index is 101. The summed E-state index contributed by atoms with van der Waals surface area (Å²) in [5.74, 6) is 0. The Morgan fingerprint density at radius 3 is 0.615 bits per heavy atom. The average Bonchev–Trinajstić information content (AvgIpc) is 1.72. The minimum Gasteiger partial charge on any atom is -1.00 e. The third-order valence-electron chi connectivity index (χ3n) is 0.667. The van der Waals surface area contributed by atoms with E-state index in [1.54, 1.807) is 0 Å². The van der Waals surface area contributed by atoms with Gasteiger partial charge in [-0.1, -0.05) is 36.4 Å². The molecule has 0 aromatic heterocycles. The van der Waals surface area contributed by atoms with Gasteiger partial charge in [-0.2, -0.15) is 0 Å². The van der Waals surface area contributed by atoms with E-state index >= 15 is 0 Å². The molecule has 0 N–H and O–H groups in total. The zero-order valence-electron chi connectivity index (χ0n) is 8.62. The van der Waals surface area contributed by atoms with Crippen LogP contribution in [0.25, 0.3) is 0 Å². The van der Waals surface area contributed by atoms with Crippen molar-refractivity contribution >= 4 is 40.0 Å². The van der Waals surface area contributed by atoms with Crippen LogP contribution >= 0.6 is 17.0 Å². The van der Waals surface area contributed by atoms with Gasteiger partial charge in [0.15, 0.2) is 0 Å². The molecule has 0 unspecified atom stereocenters. The van der Waals surface area contributed by atoms with Gasteiger partial charge >= 0.3 is 23.1 Å². The number of halogens is 6. The first-order chi connectivity index (χ1) is 3.00. The molecule has 1 aromatic rings. The second-order valence-corrected chi connectivity index (χ2v) is 1.15. The van der Waals surface area contributed by atoms with Crippen LogP contribution < -0.4 is 0 Å². The van der Waals surface area contributed by atoms with E-state index in [0.29, 0.717) is 0 Å². The summed E-state index contributed by atoms with van der Waals surface area (Å²) in [6, 6.07) is 12.0. The van der Waals surface area contributed by atoms with Crippen molar-refractivity contribution in [2.75, 3.05) is 0 Å². The molecule has 1 rings (SSSR count). The van der Waals surface area contributed by atoms with E-state index in [4.69, 9.17) is 0 Å². The van der Waals surface area contributed by atoms with Crippen molar-refractivity contribution in [1.29, 1.82) is 0 Å².